The zero-order chi connectivity index (χ0) is 13.3. The van der Waals surface area contributed by atoms with Gasteiger partial charge in [0.1, 0.15) is 5.82 Å². The minimum atomic E-state index is -3.49. The van der Waals surface area contributed by atoms with Gasteiger partial charge in [0.2, 0.25) is 0 Å². The van der Waals surface area contributed by atoms with Gasteiger partial charge in [-0.15, -0.1) is 12.4 Å². The van der Waals surface area contributed by atoms with E-state index in [1.54, 1.807) is 6.20 Å². The number of imidazole rings is 1. The number of halogens is 1. The number of nitrogens with zero attached hydrogens (tertiary/aromatic N) is 3. The zero-order valence-electron chi connectivity index (χ0n) is 11.2. The first-order valence-corrected chi connectivity index (χ1v) is 7.68. The fourth-order valence-electron chi connectivity index (χ4n) is 2.25. The first-order chi connectivity index (χ1) is 8.45. The third kappa shape index (κ3) is 3.28. The van der Waals surface area contributed by atoms with Gasteiger partial charge in [0, 0.05) is 31.9 Å². The minimum absolute atomic E-state index is 0. The van der Waals surface area contributed by atoms with Crippen LogP contribution in [0, 0.1) is 6.92 Å². The van der Waals surface area contributed by atoms with E-state index >= 15 is 0 Å². The molecule has 1 unspecified atom stereocenters. The number of piperidine rings is 1. The molecule has 0 amide bonds. The summed E-state index contributed by atoms with van der Waals surface area (Å²) in [7, 11) is -3.49. The van der Waals surface area contributed by atoms with Crippen LogP contribution < -0.4 is 5.73 Å². The van der Waals surface area contributed by atoms with Crippen molar-refractivity contribution in [2.24, 2.45) is 5.73 Å². The molecule has 0 bridgehead atoms. The molecule has 1 fully saturated rings. The standard InChI is InChI=1S/C11H20N4O2S.ClH/c1-3-14-8-11(13-9(14)2)18(16,17)15-6-4-5-10(12)7-15;/h8,10H,3-7,12H2,1-2H3;1H. The van der Waals surface area contributed by atoms with Gasteiger partial charge in [-0.25, -0.2) is 13.4 Å². The van der Waals surface area contributed by atoms with E-state index in [2.05, 4.69) is 4.98 Å². The molecule has 1 aliphatic rings. The average Bonchev–Trinajstić information content (AvgIpc) is 2.71. The Bertz CT molecular complexity index is 529. The van der Waals surface area contributed by atoms with Crippen molar-refractivity contribution < 1.29 is 8.42 Å². The Morgan fingerprint density at radius 1 is 1.53 bits per heavy atom. The molecule has 1 atom stereocenters. The molecule has 1 aromatic heterocycles. The molecule has 8 heteroatoms. The first kappa shape index (κ1) is 16.4. The van der Waals surface area contributed by atoms with Gasteiger partial charge in [-0.2, -0.15) is 4.31 Å². The largest absolute Gasteiger partial charge is 0.334 e. The molecule has 1 saturated heterocycles. The second-order valence-electron chi connectivity index (χ2n) is 4.68. The Kier molecular flexibility index (Phi) is 5.37. The van der Waals surface area contributed by atoms with Crippen LogP contribution in [0.4, 0.5) is 0 Å². The first-order valence-electron chi connectivity index (χ1n) is 6.24. The van der Waals surface area contributed by atoms with Gasteiger partial charge in [0.25, 0.3) is 10.0 Å². The molecular weight excluding hydrogens is 288 g/mol. The predicted octanol–water partition coefficient (Wildman–Crippen LogP) is 0.745. The van der Waals surface area contributed by atoms with Crippen molar-refractivity contribution in [3.05, 3.63) is 12.0 Å². The smallest absolute Gasteiger partial charge is 0.262 e. The maximum atomic E-state index is 12.4. The number of hydrogen-bond acceptors (Lipinski definition) is 4. The Balaban J connectivity index is 0.00000180. The van der Waals surface area contributed by atoms with E-state index in [0.29, 0.717) is 19.6 Å². The molecule has 0 spiro atoms. The summed E-state index contributed by atoms with van der Waals surface area (Å²) in [6.45, 7) is 5.41. The Labute approximate surface area is 120 Å². The summed E-state index contributed by atoms with van der Waals surface area (Å²) in [6, 6.07) is -0.0668. The number of aryl methyl sites for hydroxylation is 2. The fourth-order valence-corrected chi connectivity index (χ4v) is 3.78. The molecule has 0 aromatic carbocycles. The van der Waals surface area contributed by atoms with Crippen LogP contribution in [0.5, 0.6) is 0 Å². The van der Waals surface area contributed by atoms with E-state index in [1.165, 1.54) is 4.31 Å². The molecule has 110 valence electrons. The maximum absolute atomic E-state index is 12.4. The lowest BCUT2D eigenvalue weighted by atomic mass is 10.1. The topological polar surface area (TPSA) is 81.2 Å². The van der Waals surface area contributed by atoms with Gasteiger partial charge in [0.15, 0.2) is 5.03 Å². The van der Waals surface area contributed by atoms with Crippen LogP contribution >= 0.6 is 12.4 Å². The molecule has 2 N–H and O–H groups in total. The number of hydrogen-bond donors (Lipinski definition) is 1. The number of nitrogens with two attached hydrogens (primary N) is 1. The van der Waals surface area contributed by atoms with E-state index in [-0.39, 0.29) is 23.5 Å². The number of rotatable bonds is 3. The van der Waals surface area contributed by atoms with Crippen molar-refractivity contribution in [1.29, 1.82) is 0 Å². The monoisotopic (exact) mass is 308 g/mol. The molecular formula is C11H21ClN4O2S. The lowest BCUT2D eigenvalue weighted by molar-refractivity contribution is 0.315. The van der Waals surface area contributed by atoms with E-state index in [9.17, 15) is 8.42 Å². The highest BCUT2D eigenvalue weighted by Crippen LogP contribution is 2.19. The minimum Gasteiger partial charge on any atom is -0.334 e. The van der Waals surface area contributed by atoms with Crippen LogP contribution in [0.2, 0.25) is 0 Å². The van der Waals surface area contributed by atoms with Gasteiger partial charge in [0.05, 0.1) is 0 Å². The van der Waals surface area contributed by atoms with E-state index < -0.39 is 10.0 Å². The fraction of sp³-hybridized carbons (Fsp3) is 0.727. The number of aromatic nitrogens is 2. The summed E-state index contributed by atoms with van der Waals surface area (Å²) in [4.78, 5) is 4.15. The van der Waals surface area contributed by atoms with Crippen molar-refractivity contribution in [2.75, 3.05) is 13.1 Å². The van der Waals surface area contributed by atoms with Gasteiger partial charge in [-0.1, -0.05) is 0 Å². The summed E-state index contributed by atoms with van der Waals surface area (Å²) in [5, 5.41) is 0.135. The van der Waals surface area contributed by atoms with Crippen LogP contribution in [0.1, 0.15) is 25.6 Å². The highest BCUT2D eigenvalue weighted by atomic mass is 35.5. The highest BCUT2D eigenvalue weighted by Gasteiger charge is 2.30. The molecule has 0 aliphatic carbocycles. The summed E-state index contributed by atoms with van der Waals surface area (Å²) in [5.41, 5.74) is 5.83. The van der Waals surface area contributed by atoms with Gasteiger partial charge >= 0.3 is 0 Å². The number of sulfonamides is 1. The van der Waals surface area contributed by atoms with Gasteiger partial charge < -0.3 is 10.3 Å². The van der Waals surface area contributed by atoms with E-state index in [4.69, 9.17) is 5.73 Å². The lowest BCUT2D eigenvalue weighted by Crippen LogP contribution is -2.45. The van der Waals surface area contributed by atoms with Crippen LogP contribution in [0.3, 0.4) is 0 Å². The Morgan fingerprint density at radius 3 is 2.74 bits per heavy atom. The molecule has 1 aliphatic heterocycles. The maximum Gasteiger partial charge on any atom is 0.262 e. The average molecular weight is 309 g/mol. The molecule has 2 rings (SSSR count). The Morgan fingerprint density at radius 2 is 2.21 bits per heavy atom. The predicted molar refractivity (Wildman–Crippen MR) is 75.9 cm³/mol. The van der Waals surface area contributed by atoms with Crippen molar-refractivity contribution >= 4 is 22.4 Å². The summed E-state index contributed by atoms with van der Waals surface area (Å²) in [5.74, 6) is 0.720. The summed E-state index contributed by atoms with van der Waals surface area (Å²) in [6.07, 6.45) is 3.30. The molecule has 0 saturated carbocycles. The molecule has 6 nitrogen and oxygen atoms in total. The third-order valence-electron chi connectivity index (χ3n) is 3.32. The van der Waals surface area contributed by atoms with Crippen LogP contribution in [-0.4, -0.2) is 41.4 Å². The Hall–Kier alpha value is -0.630. The molecule has 2 heterocycles. The zero-order valence-corrected chi connectivity index (χ0v) is 12.9. The van der Waals surface area contributed by atoms with Gasteiger partial charge in [-0.05, 0) is 26.7 Å². The molecule has 0 radical (unpaired) electrons. The third-order valence-corrected chi connectivity index (χ3v) is 5.06. The normalized spacial score (nSPS) is 21.1. The van der Waals surface area contributed by atoms with Crippen molar-refractivity contribution in [3.8, 4) is 0 Å². The summed E-state index contributed by atoms with van der Waals surface area (Å²) >= 11 is 0. The summed E-state index contributed by atoms with van der Waals surface area (Å²) < 4.78 is 28.1. The van der Waals surface area contributed by atoms with Crippen LogP contribution in [-0.2, 0) is 16.6 Å². The second kappa shape index (κ2) is 6.21. The van der Waals surface area contributed by atoms with E-state index in [0.717, 1.165) is 18.7 Å². The van der Waals surface area contributed by atoms with Crippen molar-refractivity contribution in [1.82, 2.24) is 13.9 Å². The highest BCUT2D eigenvalue weighted by molar-refractivity contribution is 7.89. The van der Waals surface area contributed by atoms with Crippen molar-refractivity contribution in [2.45, 2.75) is 44.3 Å². The van der Waals surface area contributed by atoms with Gasteiger partial charge in [-0.3, -0.25) is 0 Å². The SMILES string of the molecule is CCn1cc(S(=O)(=O)N2CCCC(N)C2)nc1C.Cl. The lowest BCUT2D eigenvalue weighted by Gasteiger charge is -2.29. The van der Waals surface area contributed by atoms with Crippen LogP contribution in [0.15, 0.2) is 11.2 Å². The van der Waals surface area contributed by atoms with Crippen LogP contribution in [0.25, 0.3) is 0 Å². The van der Waals surface area contributed by atoms with E-state index in [1.807, 2.05) is 18.4 Å². The van der Waals surface area contributed by atoms with Crippen molar-refractivity contribution in [3.63, 3.8) is 0 Å². The molecule has 1 aromatic rings. The second-order valence-corrected chi connectivity index (χ2v) is 6.56. The quantitative estimate of drug-likeness (QED) is 0.893. The molecule has 19 heavy (non-hydrogen) atoms.